The number of nitrogens with one attached hydrogen (secondary N) is 1. The van der Waals surface area contributed by atoms with Crippen LogP contribution in [0.3, 0.4) is 0 Å². The van der Waals surface area contributed by atoms with Crippen molar-refractivity contribution in [1.29, 1.82) is 0 Å². The lowest BCUT2D eigenvalue weighted by atomic mass is 9.90. The van der Waals surface area contributed by atoms with Gasteiger partial charge in [0, 0.05) is 26.1 Å². The summed E-state index contributed by atoms with van der Waals surface area (Å²) in [4.78, 5) is 14.2. The van der Waals surface area contributed by atoms with Crippen LogP contribution < -0.4 is 5.32 Å². The lowest BCUT2D eigenvalue weighted by Gasteiger charge is -2.31. The number of piperidine rings is 1. The maximum atomic E-state index is 12.4. The van der Waals surface area contributed by atoms with Crippen molar-refractivity contribution in [3.63, 3.8) is 0 Å². The van der Waals surface area contributed by atoms with E-state index in [0.717, 1.165) is 6.54 Å². The van der Waals surface area contributed by atoms with E-state index in [2.05, 4.69) is 31.3 Å². The van der Waals surface area contributed by atoms with E-state index in [4.69, 9.17) is 0 Å². The normalized spacial score (nSPS) is 22.6. The van der Waals surface area contributed by atoms with Gasteiger partial charge in [0.1, 0.15) is 0 Å². The maximum absolute atomic E-state index is 12.4. The molecule has 1 N–H and O–H groups in total. The Morgan fingerprint density at radius 1 is 1.40 bits per heavy atom. The summed E-state index contributed by atoms with van der Waals surface area (Å²) < 4.78 is 0. The molecule has 3 heteroatoms. The van der Waals surface area contributed by atoms with Crippen LogP contribution in [-0.4, -0.2) is 30.4 Å². The molecule has 0 saturated carbocycles. The van der Waals surface area contributed by atoms with Gasteiger partial charge in [-0.25, -0.2) is 0 Å². The molecule has 110 valence electrons. The van der Waals surface area contributed by atoms with Crippen molar-refractivity contribution in [1.82, 2.24) is 10.2 Å². The van der Waals surface area contributed by atoms with Crippen molar-refractivity contribution in [2.45, 2.75) is 45.7 Å². The summed E-state index contributed by atoms with van der Waals surface area (Å²) in [5, 5.41) is 3.48. The summed E-state index contributed by atoms with van der Waals surface area (Å²) in [6.45, 7) is 6.08. The van der Waals surface area contributed by atoms with Crippen molar-refractivity contribution < 1.29 is 4.79 Å². The van der Waals surface area contributed by atoms with E-state index in [1.54, 1.807) is 0 Å². The Morgan fingerprint density at radius 3 is 2.85 bits per heavy atom. The van der Waals surface area contributed by atoms with Crippen molar-refractivity contribution in [3.8, 4) is 0 Å². The van der Waals surface area contributed by atoms with Crippen molar-refractivity contribution in [2.24, 2.45) is 5.92 Å². The number of nitrogens with zero attached hydrogens (tertiary/aromatic N) is 1. The SMILES string of the molecule is Cc1ccccc1CN(C)C(=O)CC1NCCCC1C. The van der Waals surface area contributed by atoms with E-state index in [-0.39, 0.29) is 5.91 Å². The van der Waals surface area contributed by atoms with Crippen LogP contribution in [0.25, 0.3) is 0 Å². The summed E-state index contributed by atoms with van der Waals surface area (Å²) in [7, 11) is 1.91. The van der Waals surface area contributed by atoms with E-state index in [1.807, 2.05) is 24.1 Å². The summed E-state index contributed by atoms with van der Waals surface area (Å²) in [5.74, 6) is 0.832. The van der Waals surface area contributed by atoms with E-state index >= 15 is 0 Å². The summed E-state index contributed by atoms with van der Waals surface area (Å²) >= 11 is 0. The van der Waals surface area contributed by atoms with E-state index in [1.165, 1.54) is 24.0 Å². The quantitative estimate of drug-likeness (QED) is 0.915. The molecule has 0 aromatic heterocycles. The number of aryl methyl sites for hydroxylation is 1. The molecule has 1 fully saturated rings. The monoisotopic (exact) mass is 274 g/mol. The second kappa shape index (κ2) is 6.89. The molecular weight excluding hydrogens is 248 g/mol. The molecule has 1 aromatic carbocycles. The Morgan fingerprint density at radius 2 is 2.15 bits per heavy atom. The predicted octanol–water partition coefficient (Wildman–Crippen LogP) is 2.73. The van der Waals surface area contributed by atoms with Crippen molar-refractivity contribution in [3.05, 3.63) is 35.4 Å². The van der Waals surface area contributed by atoms with Crippen LogP contribution in [0.5, 0.6) is 0 Å². The third kappa shape index (κ3) is 3.83. The van der Waals surface area contributed by atoms with E-state index < -0.39 is 0 Å². The summed E-state index contributed by atoms with van der Waals surface area (Å²) in [6.07, 6.45) is 3.07. The van der Waals surface area contributed by atoms with Gasteiger partial charge in [-0.05, 0) is 43.4 Å². The minimum absolute atomic E-state index is 0.236. The molecule has 0 spiro atoms. The Balaban J connectivity index is 1.90. The highest BCUT2D eigenvalue weighted by Crippen LogP contribution is 2.19. The number of hydrogen-bond acceptors (Lipinski definition) is 2. The first-order valence-electron chi connectivity index (χ1n) is 7.60. The van der Waals surface area contributed by atoms with Crippen molar-refractivity contribution in [2.75, 3.05) is 13.6 Å². The molecule has 0 radical (unpaired) electrons. The highest BCUT2D eigenvalue weighted by atomic mass is 16.2. The first-order chi connectivity index (χ1) is 9.58. The molecule has 2 unspecified atom stereocenters. The maximum Gasteiger partial charge on any atom is 0.224 e. The first-order valence-corrected chi connectivity index (χ1v) is 7.60. The number of hydrogen-bond donors (Lipinski definition) is 1. The fourth-order valence-corrected chi connectivity index (χ4v) is 2.86. The molecule has 1 aliphatic rings. The fourth-order valence-electron chi connectivity index (χ4n) is 2.86. The molecule has 0 bridgehead atoms. The molecular formula is C17H26N2O. The van der Waals surface area contributed by atoms with Crippen LogP contribution >= 0.6 is 0 Å². The van der Waals surface area contributed by atoms with Gasteiger partial charge in [-0.2, -0.15) is 0 Å². The third-order valence-corrected chi connectivity index (χ3v) is 4.42. The van der Waals surface area contributed by atoms with Crippen LogP contribution in [-0.2, 0) is 11.3 Å². The zero-order valence-electron chi connectivity index (χ0n) is 12.9. The highest BCUT2D eigenvalue weighted by Gasteiger charge is 2.24. The topological polar surface area (TPSA) is 32.3 Å². The van der Waals surface area contributed by atoms with Crippen LogP contribution in [0, 0.1) is 12.8 Å². The summed E-state index contributed by atoms with van der Waals surface area (Å²) in [6, 6.07) is 8.61. The van der Waals surface area contributed by atoms with Gasteiger partial charge in [0.25, 0.3) is 0 Å². The number of rotatable bonds is 4. The molecule has 2 atom stereocenters. The first kappa shape index (κ1) is 15.0. The van der Waals surface area contributed by atoms with Gasteiger partial charge in [-0.15, -0.1) is 0 Å². The Labute approximate surface area is 122 Å². The number of carbonyl (C=O) groups excluding carboxylic acids is 1. The van der Waals surface area contributed by atoms with Gasteiger partial charge in [0.15, 0.2) is 0 Å². The predicted molar refractivity (Wildman–Crippen MR) is 82.5 cm³/mol. The Hall–Kier alpha value is -1.35. The second-order valence-electron chi connectivity index (χ2n) is 6.06. The molecule has 20 heavy (non-hydrogen) atoms. The van der Waals surface area contributed by atoms with Crippen LogP contribution in [0.15, 0.2) is 24.3 Å². The molecule has 2 rings (SSSR count). The van der Waals surface area contributed by atoms with Crippen molar-refractivity contribution >= 4 is 5.91 Å². The number of benzene rings is 1. The minimum Gasteiger partial charge on any atom is -0.341 e. The highest BCUT2D eigenvalue weighted by molar-refractivity contribution is 5.76. The summed E-state index contributed by atoms with van der Waals surface area (Å²) in [5.41, 5.74) is 2.48. The standard InChI is InChI=1S/C17H26N2O/c1-13-7-4-5-9-15(13)12-19(3)17(20)11-16-14(2)8-6-10-18-16/h4-5,7,9,14,16,18H,6,8,10-12H2,1-3H3. The van der Waals surface area contributed by atoms with Gasteiger partial charge < -0.3 is 10.2 Å². The lowest BCUT2D eigenvalue weighted by Crippen LogP contribution is -2.43. The van der Waals surface area contributed by atoms with E-state index in [0.29, 0.717) is 24.9 Å². The molecule has 1 heterocycles. The Kier molecular flexibility index (Phi) is 5.18. The van der Waals surface area contributed by atoms with Gasteiger partial charge in [0.05, 0.1) is 0 Å². The third-order valence-electron chi connectivity index (χ3n) is 4.42. The van der Waals surface area contributed by atoms with Crippen LogP contribution in [0.2, 0.25) is 0 Å². The average molecular weight is 274 g/mol. The second-order valence-corrected chi connectivity index (χ2v) is 6.06. The average Bonchev–Trinajstić information content (AvgIpc) is 2.43. The van der Waals surface area contributed by atoms with Crippen LogP contribution in [0.4, 0.5) is 0 Å². The molecule has 0 aliphatic carbocycles. The smallest absolute Gasteiger partial charge is 0.224 e. The largest absolute Gasteiger partial charge is 0.341 e. The molecule has 1 aromatic rings. The van der Waals surface area contributed by atoms with Gasteiger partial charge in [-0.1, -0.05) is 31.2 Å². The molecule has 1 saturated heterocycles. The molecule has 1 aliphatic heterocycles. The lowest BCUT2D eigenvalue weighted by molar-refractivity contribution is -0.131. The number of carbonyl (C=O) groups is 1. The van der Waals surface area contributed by atoms with Gasteiger partial charge >= 0.3 is 0 Å². The van der Waals surface area contributed by atoms with E-state index in [9.17, 15) is 4.79 Å². The fraction of sp³-hybridized carbons (Fsp3) is 0.588. The zero-order valence-corrected chi connectivity index (χ0v) is 12.9. The number of amides is 1. The van der Waals surface area contributed by atoms with Crippen LogP contribution in [0.1, 0.15) is 37.3 Å². The Bertz CT molecular complexity index is 458. The molecule has 3 nitrogen and oxygen atoms in total. The molecule has 1 amide bonds. The van der Waals surface area contributed by atoms with Gasteiger partial charge in [0.2, 0.25) is 5.91 Å². The zero-order chi connectivity index (χ0) is 14.5. The van der Waals surface area contributed by atoms with Gasteiger partial charge in [-0.3, -0.25) is 4.79 Å². The minimum atomic E-state index is 0.236.